The quantitative estimate of drug-likeness (QED) is 0.755. The second kappa shape index (κ2) is 3.50. The summed E-state index contributed by atoms with van der Waals surface area (Å²) in [5.74, 6) is 0. The summed E-state index contributed by atoms with van der Waals surface area (Å²) >= 11 is 0. The lowest BCUT2D eigenvalue weighted by Crippen LogP contribution is -2.57. The SMILES string of the molecule is CC[C@]1(C)C2OC=NN2c2ccccc2C1(C)C. The highest BCUT2D eigenvalue weighted by molar-refractivity contribution is 5.66. The van der Waals surface area contributed by atoms with Crippen molar-refractivity contribution in [2.45, 2.75) is 45.8 Å². The van der Waals surface area contributed by atoms with Crippen LogP contribution in [0.2, 0.25) is 0 Å². The first kappa shape index (κ1) is 11.6. The molecule has 2 aliphatic heterocycles. The van der Waals surface area contributed by atoms with Gasteiger partial charge in [0.25, 0.3) is 0 Å². The monoisotopic (exact) mass is 244 g/mol. The highest BCUT2D eigenvalue weighted by Crippen LogP contribution is 2.55. The molecule has 3 nitrogen and oxygen atoms in total. The molecule has 0 amide bonds. The predicted molar refractivity (Wildman–Crippen MR) is 73.7 cm³/mol. The van der Waals surface area contributed by atoms with Gasteiger partial charge in [-0.3, -0.25) is 0 Å². The molecule has 2 aliphatic rings. The molecular weight excluding hydrogens is 224 g/mol. The van der Waals surface area contributed by atoms with E-state index < -0.39 is 0 Å². The van der Waals surface area contributed by atoms with E-state index in [1.54, 1.807) is 6.40 Å². The first-order valence-corrected chi connectivity index (χ1v) is 6.59. The molecule has 0 aromatic heterocycles. The zero-order valence-electron chi connectivity index (χ0n) is 11.5. The molecule has 0 saturated carbocycles. The Labute approximate surface area is 108 Å². The lowest BCUT2D eigenvalue weighted by molar-refractivity contribution is -0.00183. The van der Waals surface area contributed by atoms with Gasteiger partial charge < -0.3 is 4.74 Å². The number of ether oxygens (including phenoxy) is 1. The third-order valence-corrected chi connectivity index (χ3v) is 5.11. The van der Waals surface area contributed by atoms with E-state index >= 15 is 0 Å². The van der Waals surface area contributed by atoms with Crippen LogP contribution in [0.4, 0.5) is 5.69 Å². The molecule has 3 heteroatoms. The Morgan fingerprint density at radius 3 is 2.72 bits per heavy atom. The van der Waals surface area contributed by atoms with E-state index in [4.69, 9.17) is 4.74 Å². The number of hydrogen-bond acceptors (Lipinski definition) is 3. The van der Waals surface area contributed by atoms with E-state index in [0.29, 0.717) is 0 Å². The van der Waals surface area contributed by atoms with Gasteiger partial charge >= 0.3 is 0 Å². The highest BCUT2D eigenvalue weighted by atomic mass is 16.5. The fourth-order valence-electron chi connectivity index (χ4n) is 3.30. The molecule has 0 aliphatic carbocycles. The summed E-state index contributed by atoms with van der Waals surface area (Å²) < 4.78 is 5.79. The van der Waals surface area contributed by atoms with Gasteiger partial charge in [-0.25, -0.2) is 5.01 Å². The van der Waals surface area contributed by atoms with Crippen LogP contribution in [0, 0.1) is 5.41 Å². The summed E-state index contributed by atoms with van der Waals surface area (Å²) in [6, 6.07) is 8.52. The van der Waals surface area contributed by atoms with Gasteiger partial charge in [0.05, 0.1) is 5.69 Å². The fraction of sp³-hybridized carbons (Fsp3) is 0.533. The largest absolute Gasteiger partial charge is 0.456 e. The number of benzene rings is 1. The van der Waals surface area contributed by atoms with Crippen LogP contribution in [0.1, 0.15) is 39.7 Å². The van der Waals surface area contributed by atoms with Crippen molar-refractivity contribution < 1.29 is 4.74 Å². The summed E-state index contributed by atoms with van der Waals surface area (Å²) in [4.78, 5) is 0. The molecule has 0 N–H and O–H groups in total. The van der Waals surface area contributed by atoms with Gasteiger partial charge in [-0.05, 0) is 18.1 Å². The molecule has 0 bridgehead atoms. The van der Waals surface area contributed by atoms with Crippen molar-refractivity contribution in [3.05, 3.63) is 29.8 Å². The van der Waals surface area contributed by atoms with E-state index in [9.17, 15) is 0 Å². The van der Waals surface area contributed by atoms with Crippen molar-refractivity contribution in [3.8, 4) is 0 Å². The summed E-state index contributed by atoms with van der Waals surface area (Å²) in [6.07, 6.45) is 2.64. The number of rotatable bonds is 1. The van der Waals surface area contributed by atoms with Gasteiger partial charge in [-0.2, -0.15) is 0 Å². The maximum Gasteiger partial charge on any atom is 0.199 e. The van der Waals surface area contributed by atoms with Crippen LogP contribution in [0.3, 0.4) is 0 Å². The molecular formula is C15H20N2O. The van der Waals surface area contributed by atoms with Gasteiger partial charge in [0.2, 0.25) is 0 Å². The third-order valence-electron chi connectivity index (χ3n) is 5.11. The number of nitrogens with zero attached hydrogens (tertiary/aromatic N) is 2. The third kappa shape index (κ3) is 1.17. The van der Waals surface area contributed by atoms with Crippen molar-refractivity contribution in [2.24, 2.45) is 10.5 Å². The van der Waals surface area contributed by atoms with Crippen LogP contribution < -0.4 is 5.01 Å². The summed E-state index contributed by atoms with van der Waals surface area (Å²) in [5, 5.41) is 6.43. The Morgan fingerprint density at radius 1 is 1.28 bits per heavy atom. The molecule has 0 radical (unpaired) electrons. The van der Waals surface area contributed by atoms with Gasteiger partial charge in [0, 0.05) is 10.8 Å². The minimum atomic E-state index is 0.00685. The van der Waals surface area contributed by atoms with Gasteiger partial charge in [0.15, 0.2) is 12.6 Å². The van der Waals surface area contributed by atoms with E-state index in [1.807, 2.05) is 5.01 Å². The summed E-state index contributed by atoms with van der Waals surface area (Å²) in [5.41, 5.74) is 2.63. The smallest absolute Gasteiger partial charge is 0.199 e. The Kier molecular flexibility index (Phi) is 2.25. The molecule has 1 unspecified atom stereocenters. The minimum Gasteiger partial charge on any atom is -0.456 e. The lowest BCUT2D eigenvalue weighted by atomic mass is 9.58. The van der Waals surface area contributed by atoms with Crippen LogP contribution in [0.5, 0.6) is 0 Å². The Bertz CT molecular complexity index is 509. The van der Waals surface area contributed by atoms with Crippen molar-refractivity contribution >= 4 is 12.1 Å². The first-order valence-electron chi connectivity index (χ1n) is 6.59. The molecule has 2 atom stereocenters. The average molecular weight is 244 g/mol. The number of para-hydroxylation sites is 1. The van der Waals surface area contributed by atoms with E-state index in [1.165, 1.54) is 11.3 Å². The molecule has 1 aromatic carbocycles. The lowest BCUT2D eigenvalue weighted by Gasteiger charge is -2.53. The van der Waals surface area contributed by atoms with E-state index in [-0.39, 0.29) is 17.1 Å². The number of hydrogen-bond donors (Lipinski definition) is 0. The van der Waals surface area contributed by atoms with E-state index in [0.717, 1.165) is 6.42 Å². The number of fused-ring (bicyclic) bond motifs is 3. The van der Waals surface area contributed by atoms with Crippen molar-refractivity contribution in [3.63, 3.8) is 0 Å². The Balaban J connectivity index is 2.26. The molecule has 1 aromatic rings. The predicted octanol–water partition coefficient (Wildman–Crippen LogP) is 3.50. The first-order chi connectivity index (χ1) is 8.52. The minimum absolute atomic E-state index is 0.00685. The number of anilines is 1. The molecule has 0 fully saturated rings. The van der Waals surface area contributed by atoms with Gasteiger partial charge in [-0.15, -0.1) is 5.10 Å². The second-order valence-corrected chi connectivity index (χ2v) is 5.97. The van der Waals surface area contributed by atoms with Crippen LogP contribution in [-0.4, -0.2) is 12.6 Å². The Morgan fingerprint density at radius 2 is 2.00 bits per heavy atom. The maximum atomic E-state index is 5.79. The second-order valence-electron chi connectivity index (χ2n) is 5.97. The highest BCUT2D eigenvalue weighted by Gasteiger charge is 2.56. The molecule has 18 heavy (non-hydrogen) atoms. The topological polar surface area (TPSA) is 24.8 Å². The molecule has 2 heterocycles. The fourth-order valence-corrected chi connectivity index (χ4v) is 3.30. The van der Waals surface area contributed by atoms with Crippen molar-refractivity contribution in [1.29, 1.82) is 0 Å². The summed E-state index contributed by atoms with van der Waals surface area (Å²) in [7, 11) is 0. The molecule has 0 spiro atoms. The standard InChI is InChI=1S/C15H20N2O/c1-5-15(4)13-17(16-10-18-13)12-9-7-6-8-11(12)14(15,2)3/h6-10,13H,5H2,1-4H3/t13?,15-/m1/s1. The molecule has 0 saturated heterocycles. The zero-order valence-corrected chi connectivity index (χ0v) is 11.5. The summed E-state index contributed by atoms with van der Waals surface area (Å²) in [6.45, 7) is 9.16. The molecule has 96 valence electrons. The number of hydrazone groups is 1. The Hall–Kier alpha value is -1.51. The van der Waals surface area contributed by atoms with E-state index in [2.05, 4.69) is 57.1 Å². The van der Waals surface area contributed by atoms with Crippen LogP contribution in [0.25, 0.3) is 0 Å². The molecule has 3 rings (SSSR count). The van der Waals surface area contributed by atoms with Gasteiger partial charge in [0.1, 0.15) is 0 Å². The average Bonchev–Trinajstić information content (AvgIpc) is 2.86. The van der Waals surface area contributed by atoms with Crippen molar-refractivity contribution in [2.75, 3.05) is 5.01 Å². The van der Waals surface area contributed by atoms with Crippen LogP contribution in [-0.2, 0) is 10.2 Å². The maximum absolute atomic E-state index is 5.79. The van der Waals surface area contributed by atoms with Crippen LogP contribution >= 0.6 is 0 Å². The van der Waals surface area contributed by atoms with Crippen LogP contribution in [0.15, 0.2) is 29.4 Å². The normalized spacial score (nSPS) is 31.8. The van der Waals surface area contributed by atoms with Crippen molar-refractivity contribution in [1.82, 2.24) is 0 Å². The van der Waals surface area contributed by atoms with Gasteiger partial charge in [-0.1, -0.05) is 45.9 Å². The zero-order chi connectivity index (χ0) is 13.0.